The van der Waals surface area contributed by atoms with Crippen LogP contribution >= 0.6 is 22.7 Å². The standard InChI is InChI=1S/C25H25N3O2S2/c1-3-30-22-12-8-7-11-20(22)28-25(29)24(18-9-5-4-6-10-18)26-15-19-13-14-23(32-19)21-16-31-17(2)27-21/h4-14,16,24,26H,3,15H2,1-2H3,(H,28,29)/t24-/m0/s1. The van der Waals surface area contributed by atoms with E-state index in [-0.39, 0.29) is 5.91 Å². The minimum absolute atomic E-state index is 0.129. The molecule has 0 saturated heterocycles. The summed E-state index contributed by atoms with van der Waals surface area (Å²) in [4.78, 5) is 20.1. The normalized spacial score (nSPS) is 11.8. The number of rotatable bonds is 9. The molecule has 0 fully saturated rings. The zero-order valence-corrected chi connectivity index (χ0v) is 19.6. The summed E-state index contributed by atoms with van der Waals surface area (Å²) in [6, 6.07) is 20.9. The van der Waals surface area contributed by atoms with Gasteiger partial charge in [-0.3, -0.25) is 10.1 Å². The van der Waals surface area contributed by atoms with Gasteiger partial charge in [0.2, 0.25) is 5.91 Å². The van der Waals surface area contributed by atoms with Gasteiger partial charge in [0.1, 0.15) is 11.8 Å². The topological polar surface area (TPSA) is 63.2 Å². The molecule has 2 aromatic heterocycles. The third-order valence-electron chi connectivity index (χ3n) is 4.85. The molecule has 0 saturated carbocycles. The van der Waals surface area contributed by atoms with E-state index in [1.807, 2.05) is 68.4 Å². The van der Waals surface area contributed by atoms with Crippen LogP contribution in [0, 0.1) is 6.92 Å². The second-order valence-electron chi connectivity index (χ2n) is 7.16. The Balaban J connectivity index is 1.50. The molecule has 0 spiro atoms. The first kappa shape index (κ1) is 22.2. The highest BCUT2D eigenvalue weighted by Gasteiger charge is 2.21. The van der Waals surface area contributed by atoms with Crippen molar-refractivity contribution in [1.82, 2.24) is 10.3 Å². The molecule has 0 aliphatic carbocycles. The van der Waals surface area contributed by atoms with Gasteiger partial charge in [0.25, 0.3) is 0 Å². The van der Waals surface area contributed by atoms with Crippen LogP contribution < -0.4 is 15.4 Å². The summed E-state index contributed by atoms with van der Waals surface area (Å²) in [5.74, 6) is 0.534. The second kappa shape index (κ2) is 10.5. The molecule has 164 valence electrons. The van der Waals surface area contributed by atoms with Gasteiger partial charge in [-0.2, -0.15) is 0 Å². The molecule has 4 rings (SSSR count). The lowest BCUT2D eigenvalue weighted by Gasteiger charge is -2.20. The fraction of sp³-hybridized carbons (Fsp3) is 0.200. The second-order valence-corrected chi connectivity index (χ2v) is 9.39. The van der Waals surface area contributed by atoms with Crippen LogP contribution in [0.4, 0.5) is 5.69 Å². The number of amides is 1. The minimum atomic E-state index is -0.502. The number of anilines is 1. The fourth-order valence-corrected chi connectivity index (χ4v) is 4.96. The number of nitrogens with zero attached hydrogens (tertiary/aromatic N) is 1. The van der Waals surface area contributed by atoms with Gasteiger partial charge in [0.05, 0.1) is 27.9 Å². The summed E-state index contributed by atoms with van der Waals surface area (Å²) in [5.41, 5.74) is 2.58. The zero-order valence-electron chi connectivity index (χ0n) is 18.0. The van der Waals surface area contributed by atoms with Crippen molar-refractivity contribution in [2.45, 2.75) is 26.4 Å². The van der Waals surface area contributed by atoms with Crippen LogP contribution in [0.5, 0.6) is 5.75 Å². The summed E-state index contributed by atoms with van der Waals surface area (Å²) >= 11 is 3.34. The Hall–Kier alpha value is -3.00. The maximum absolute atomic E-state index is 13.3. The first-order valence-electron chi connectivity index (χ1n) is 10.5. The number of aromatic nitrogens is 1. The molecule has 0 aliphatic rings. The van der Waals surface area contributed by atoms with Crippen molar-refractivity contribution in [1.29, 1.82) is 0 Å². The molecule has 0 unspecified atom stereocenters. The molecule has 2 N–H and O–H groups in total. The van der Waals surface area contributed by atoms with Gasteiger partial charge in [-0.1, -0.05) is 42.5 Å². The summed E-state index contributed by atoms with van der Waals surface area (Å²) in [5, 5.41) is 9.60. The van der Waals surface area contributed by atoms with Gasteiger partial charge in [0.15, 0.2) is 0 Å². The van der Waals surface area contributed by atoms with Crippen LogP contribution in [-0.4, -0.2) is 17.5 Å². The quantitative estimate of drug-likeness (QED) is 0.317. The first-order valence-corrected chi connectivity index (χ1v) is 12.2. The van der Waals surface area contributed by atoms with E-state index in [9.17, 15) is 4.79 Å². The Bertz CT molecular complexity index is 1170. The van der Waals surface area contributed by atoms with E-state index >= 15 is 0 Å². The molecule has 32 heavy (non-hydrogen) atoms. The van der Waals surface area contributed by atoms with Gasteiger partial charge in [-0.05, 0) is 43.7 Å². The van der Waals surface area contributed by atoms with Crippen LogP contribution in [0.1, 0.15) is 28.4 Å². The minimum Gasteiger partial charge on any atom is -0.492 e. The third-order valence-corrected chi connectivity index (χ3v) is 6.73. The molecule has 1 atom stereocenters. The molecule has 7 heteroatoms. The van der Waals surface area contributed by atoms with Crippen molar-refractivity contribution < 1.29 is 9.53 Å². The average Bonchev–Trinajstić information content (AvgIpc) is 3.45. The summed E-state index contributed by atoms with van der Waals surface area (Å²) in [7, 11) is 0. The molecule has 4 aromatic rings. The highest BCUT2D eigenvalue weighted by Crippen LogP contribution is 2.30. The number of aryl methyl sites for hydroxylation is 1. The average molecular weight is 464 g/mol. The van der Waals surface area contributed by atoms with Crippen LogP contribution in [0.3, 0.4) is 0 Å². The van der Waals surface area contributed by atoms with Gasteiger partial charge in [0, 0.05) is 16.8 Å². The highest BCUT2D eigenvalue weighted by molar-refractivity contribution is 7.16. The van der Waals surface area contributed by atoms with Crippen molar-refractivity contribution in [3.05, 3.63) is 87.6 Å². The number of hydrogen-bond acceptors (Lipinski definition) is 6. The van der Waals surface area contributed by atoms with Gasteiger partial charge >= 0.3 is 0 Å². The number of thiazole rings is 1. The maximum Gasteiger partial charge on any atom is 0.246 e. The van der Waals surface area contributed by atoms with E-state index in [0.29, 0.717) is 24.6 Å². The number of carbonyl (C=O) groups excluding carboxylic acids is 1. The lowest BCUT2D eigenvalue weighted by Crippen LogP contribution is -2.32. The molecular formula is C25H25N3O2S2. The van der Waals surface area contributed by atoms with Crippen LogP contribution in [0.15, 0.2) is 72.1 Å². The number of ether oxygens (including phenoxy) is 1. The Morgan fingerprint density at radius 2 is 1.84 bits per heavy atom. The highest BCUT2D eigenvalue weighted by atomic mass is 32.1. The lowest BCUT2D eigenvalue weighted by atomic mass is 10.1. The monoisotopic (exact) mass is 463 g/mol. The van der Waals surface area contributed by atoms with Crippen molar-refractivity contribution >= 4 is 34.3 Å². The van der Waals surface area contributed by atoms with Gasteiger partial charge in [-0.25, -0.2) is 4.98 Å². The lowest BCUT2D eigenvalue weighted by molar-refractivity contribution is -0.118. The predicted molar refractivity (Wildman–Crippen MR) is 132 cm³/mol. The SMILES string of the molecule is CCOc1ccccc1NC(=O)[C@@H](NCc1ccc(-c2csc(C)n2)s1)c1ccccc1. The molecule has 0 radical (unpaired) electrons. The van der Waals surface area contributed by atoms with Crippen molar-refractivity contribution in [3.8, 4) is 16.3 Å². The van der Waals surface area contributed by atoms with Gasteiger partial charge in [-0.15, -0.1) is 22.7 Å². The number of carbonyl (C=O) groups is 1. The van der Waals surface area contributed by atoms with Crippen molar-refractivity contribution in [3.63, 3.8) is 0 Å². The number of nitrogens with one attached hydrogen (secondary N) is 2. The summed E-state index contributed by atoms with van der Waals surface area (Å²) in [6.45, 7) is 5.05. The van der Waals surface area contributed by atoms with E-state index in [0.717, 1.165) is 26.0 Å². The number of thiophene rings is 1. The van der Waals surface area contributed by atoms with Crippen LogP contribution in [-0.2, 0) is 11.3 Å². The molecule has 0 bridgehead atoms. The van der Waals surface area contributed by atoms with E-state index in [2.05, 4.69) is 33.1 Å². The van der Waals surface area contributed by atoms with E-state index < -0.39 is 6.04 Å². The van der Waals surface area contributed by atoms with E-state index in [1.165, 1.54) is 0 Å². The number of benzene rings is 2. The fourth-order valence-electron chi connectivity index (χ4n) is 3.35. The third kappa shape index (κ3) is 5.43. The van der Waals surface area contributed by atoms with Crippen molar-refractivity contribution in [2.75, 3.05) is 11.9 Å². The molecule has 2 aromatic carbocycles. The first-order chi connectivity index (χ1) is 15.6. The molecule has 1 amide bonds. The molecule has 2 heterocycles. The summed E-state index contributed by atoms with van der Waals surface area (Å²) in [6.07, 6.45) is 0. The Kier molecular flexibility index (Phi) is 7.32. The van der Waals surface area contributed by atoms with E-state index in [1.54, 1.807) is 22.7 Å². The number of hydrogen-bond donors (Lipinski definition) is 2. The summed E-state index contributed by atoms with van der Waals surface area (Å²) < 4.78 is 5.66. The van der Waals surface area contributed by atoms with E-state index in [4.69, 9.17) is 4.74 Å². The van der Waals surface area contributed by atoms with Gasteiger partial charge < -0.3 is 10.1 Å². The molecule has 5 nitrogen and oxygen atoms in total. The molecule has 0 aliphatic heterocycles. The molecular weight excluding hydrogens is 438 g/mol. The Morgan fingerprint density at radius 3 is 2.59 bits per heavy atom. The zero-order chi connectivity index (χ0) is 22.3. The van der Waals surface area contributed by atoms with Crippen LogP contribution in [0.2, 0.25) is 0 Å². The largest absolute Gasteiger partial charge is 0.492 e. The predicted octanol–water partition coefficient (Wildman–Crippen LogP) is 6.05. The Labute approximate surface area is 196 Å². The van der Waals surface area contributed by atoms with Crippen molar-refractivity contribution in [2.24, 2.45) is 0 Å². The van der Waals surface area contributed by atoms with Crippen LogP contribution in [0.25, 0.3) is 10.6 Å². The number of para-hydroxylation sites is 2. The smallest absolute Gasteiger partial charge is 0.246 e. The maximum atomic E-state index is 13.3. The Morgan fingerprint density at radius 1 is 1.06 bits per heavy atom.